The maximum absolute atomic E-state index is 13.5. The predicted molar refractivity (Wildman–Crippen MR) is 149 cm³/mol. The lowest BCUT2D eigenvalue weighted by molar-refractivity contribution is -0.141. The molecule has 1 unspecified atom stereocenters. The highest BCUT2D eigenvalue weighted by Gasteiger charge is 2.28. The SMILES string of the molecule is CCc1ccc(N(CCCC(=O)N(Cc2ccc(F)cc2)C(C)C(=O)NC2CCCCC2)S(C)(=O)=O)cc1. The van der Waals surface area contributed by atoms with Gasteiger partial charge in [0.05, 0.1) is 11.9 Å². The summed E-state index contributed by atoms with van der Waals surface area (Å²) in [7, 11) is -3.55. The van der Waals surface area contributed by atoms with E-state index in [1.165, 1.54) is 27.8 Å². The minimum atomic E-state index is -3.55. The number of halogens is 1. The number of anilines is 1. The molecule has 0 aromatic heterocycles. The fourth-order valence-electron chi connectivity index (χ4n) is 4.84. The molecule has 1 N–H and O–H groups in total. The monoisotopic (exact) mass is 545 g/mol. The van der Waals surface area contributed by atoms with Crippen LogP contribution < -0.4 is 9.62 Å². The van der Waals surface area contributed by atoms with Crippen molar-refractivity contribution in [2.24, 2.45) is 0 Å². The summed E-state index contributed by atoms with van der Waals surface area (Å²) < 4.78 is 39.8. The second-order valence-corrected chi connectivity index (χ2v) is 12.0. The number of benzene rings is 2. The molecule has 3 rings (SSSR count). The third kappa shape index (κ3) is 8.55. The Bertz CT molecular complexity index is 1160. The van der Waals surface area contributed by atoms with Gasteiger partial charge < -0.3 is 10.2 Å². The van der Waals surface area contributed by atoms with Crippen LogP contribution in [0.5, 0.6) is 0 Å². The van der Waals surface area contributed by atoms with Crippen LogP contribution in [0, 0.1) is 5.82 Å². The van der Waals surface area contributed by atoms with Crippen molar-refractivity contribution < 1.29 is 22.4 Å². The second-order valence-electron chi connectivity index (χ2n) is 10.1. The van der Waals surface area contributed by atoms with E-state index < -0.39 is 16.1 Å². The van der Waals surface area contributed by atoms with Gasteiger partial charge >= 0.3 is 0 Å². The van der Waals surface area contributed by atoms with Gasteiger partial charge in [-0.3, -0.25) is 13.9 Å². The molecule has 0 radical (unpaired) electrons. The first-order valence-electron chi connectivity index (χ1n) is 13.5. The first kappa shape index (κ1) is 29.6. The average Bonchev–Trinajstić information content (AvgIpc) is 2.90. The Morgan fingerprint density at radius 1 is 1.00 bits per heavy atom. The minimum absolute atomic E-state index is 0.0707. The Kier molecular flexibility index (Phi) is 10.7. The van der Waals surface area contributed by atoms with Crippen molar-refractivity contribution >= 4 is 27.5 Å². The highest BCUT2D eigenvalue weighted by molar-refractivity contribution is 7.92. The standard InChI is InChI=1S/C29H40FN3O4S/c1-4-23-14-18-27(19-15-23)33(38(3,36)37)20-8-11-28(34)32(21-24-12-16-25(30)17-13-24)22(2)29(35)31-26-9-6-5-7-10-26/h12-19,22,26H,4-11,20-21H2,1-3H3,(H,31,35). The number of rotatable bonds is 12. The van der Waals surface area contributed by atoms with E-state index in [4.69, 9.17) is 0 Å². The zero-order chi connectivity index (χ0) is 27.7. The van der Waals surface area contributed by atoms with E-state index >= 15 is 0 Å². The first-order chi connectivity index (χ1) is 18.1. The lowest BCUT2D eigenvalue weighted by Gasteiger charge is -2.31. The molecule has 7 nitrogen and oxygen atoms in total. The average molecular weight is 546 g/mol. The van der Waals surface area contributed by atoms with E-state index in [9.17, 15) is 22.4 Å². The molecule has 1 fully saturated rings. The molecule has 0 spiro atoms. The Hall–Kier alpha value is -2.94. The van der Waals surface area contributed by atoms with Crippen molar-refractivity contribution in [3.05, 3.63) is 65.5 Å². The molecular weight excluding hydrogens is 505 g/mol. The summed E-state index contributed by atoms with van der Waals surface area (Å²) in [6, 6.07) is 12.6. The molecule has 1 aliphatic carbocycles. The lowest BCUT2D eigenvalue weighted by Crippen LogP contribution is -2.50. The summed E-state index contributed by atoms with van der Waals surface area (Å²) in [6.07, 6.45) is 7.57. The number of nitrogens with zero attached hydrogens (tertiary/aromatic N) is 2. The molecular formula is C29H40FN3O4S. The number of sulfonamides is 1. The van der Waals surface area contributed by atoms with E-state index in [2.05, 4.69) is 5.32 Å². The summed E-state index contributed by atoms with van der Waals surface area (Å²) in [6.45, 7) is 4.04. The van der Waals surface area contributed by atoms with Crippen LogP contribution in [-0.2, 0) is 32.6 Å². The largest absolute Gasteiger partial charge is 0.352 e. The number of carbonyl (C=O) groups excluding carboxylic acids is 2. The molecule has 2 aromatic carbocycles. The molecule has 208 valence electrons. The summed E-state index contributed by atoms with van der Waals surface area (Å²) in [4.78, 5) is 28.0. The van der Waals surface area contributed by atoms with Gasteiger partial charge in [-0.1, -0.05) is 50.5 Å². The van der Waals surface area contributed by atoms with Crippen molar-refractivity contribution in [2.75, 3.05) is 17.1 Å². The summed E-state index contributed by atoms with van der Waals surface area (Å²) in [5.74, 6) is -0.834. The van der Waals surface area contributed by atoms with Crippen molar-refractivity contribution in [3.8, 4) is 0 Å². The maximum atomic E-state index is 13.5. The van der Waals surface area contributed by atoms with Gasteiger partial charge in [0.25, 0.3) is 0 Å². The van der Waals surface area contributed by atoms with Crippen LogP contribution in [0.3, 0.4) is 0 Å². The molecule has 1 atom stereocenters. The number of aryl methyl sites for hydroxylation is 1. The van der Waals surface area contributed by atoms with Crippen LogP contribution in [0.15, 0.2) is 48.5 Å². The van der Waals surface area contributed by atoms with Gasteiger partial charge in [0.2, 0.25) is 21.8 Å². The highest BCUT2D eigenvalue weighted by Crippen LogP contribution is 2.21. The molecule has 2 amide bonds. The lowest BCUT2D eigenvalue weighted by atomic mass is 9.95. The smallest absolute Gasteiger partial charge is 0.242 e. The van der Waals surface area contributed by atoms with Crippen molar-refractivity contribution in [1.82, 2.24) is 10.2 Å². The summed E-state index contributed by atoms with van der Waals surface area (Å²) in [5, 5.41) is 3.09. The molecule has 0 bridgehead atoms. The number of nitrogens with one attached hydrogen (secondary N) is 1. The van der Waals surface area contributed by atoms with Gasteiger partial charge in [0.15, 0.2) is 0 Å². The molecule has 1 aliphatic rings. The van der Waals surface area contributed by atoms with Crippen LogP contribution in [0.1, 0.15) is 69.9 Å². The number of carbonyl (C=O) groups is 2. The fraction of sp³-hybridized carbons (Fsp3) is 0.517. The van der Waals surface area contributed by atoms with E-state index in [0.717, 1.165) is 43.9 Å². The fourth-order valence-corrected chi connectivity index (χ4v) is 5.81. The quantitative estimate of drug-likeness (QED) is 0.415. The molecule has 2 aromatic rings. The van der Waals surface area contributed by atoms with E-state index in [0.29, 0.717) is 11.3 Å². The molecule has 0 aliphatic heterocycles. The van der Waals surface area contributed by atoms with Crippen molar-refractivity contribution in [3.63, 3.8) is 0 Å². The Morgan fingerprint density at radius 2 is 1.61 bits per heavy atom. The number of amides is 2. The van der Waals surface area contributed by atoms with Crippen LogP contribution >= 0.6 is 0 Å². The van der Waals surface area contributed by atoms with Gasteiger partial charge in [-0.15, -0.1) is 0 Å². The van der Waals surface area contributed by atoms with Gasteiger partial charge in [-0.2, -0.15) is 0 Å². The number of hydrogen-bond acceptors (Lipinski definition) is 4. The zero-order valence-corrected chi connectivity index (χ0v) is 23.5. The van der Waals surface area contributed by atoms with Crippen LogP contribution in [0.2, 0.25) is 0 Å². The van der Waals surface area contributed by atoms with Crippen molar-refractivity contribution in [1.29, 1.82) is 0 Å². The zero-order valence-electron chi connectivity index (χ0n) is 22.7. The van der Waals surface area contributed by atoms with Crippen LogP contribution in [0.25, 0.3) is 0 Å². The third-order valence-corrected chi connectivity index (χ3v) is 8.36. The Labute approximate surface area is 226 Å². The van der Waals surface area contributed by atoms with E-state index in [1.54, 1.807) is 31.2 Å². The number of hydrogen-bond donors (Lipinski definition) is 1. The molecule has 9 heteroatoms. The predicted octanol–water partition coefficient (Wildman–Crippen LogP) is 4.80. The second kappa shape index (κ2) is 13.7. The summed E-state index contributed by atoms with van der Waals surface area (Å²) in [5.41, 5.74) is 2.38. The van der Waals surface area contributed by atoms with Gasteiger partial charge in [-0.05, 0) is 68.0 Å². The molecule has 38 heavy (non-hydrogen) atoms. The van der Waals surface area contributed by atoms with Crippen molar-refractivity contribution in [2.45, 2.75) is 83.8 Å². The normalized spacial score (nSPS) is 15.1. The molecule has 0 saturated heterocycles. The third-order valence-electron chi connectivity index (χ3n) is 7.17. The maximum Gasteiger partial charge on any atom is 0.242 e. The highest BCUT2D eigenvalue weighted by atomic mass is 32.2. The molecule has 1 saturated carbocycles. The Balaban J connectivity index is 1.70. The topological polar surface area (TPSA) is 86.8 Å². The Morgan fingerprint density at radius 3 is 2.18 bits per heavy atom. The van der Waals surface area contributed by atoms with Gasteiger partial charge in [-0.25, -0.2) is 12.8 Å². The van der Waals surface area contributed by atoms with Gasteiger partial charge in [0, 0.05) is 25.6 Å². The van der Waals surface area contributed by atoms with Crippen LogP contribution in [0.4, 0.5) is 10.1 Å². The van der Waals surface area contributed by atoms with Crippen LogP contribution in [-0.4, -0.2) is 50.0 Å². The molecule has 0 heterocycles. The minimum Gasteiger partial charge on any atom is -0.352 e. The van der Waals surface area contributed by atoms with Gasteiger partial charge in [0.1, 0.15) is 11.9 Å². The summed E-state index contributed by atoms with van der Waals surface area (Å²) >= 11 is 0. The van der Waals surface area contributed by atoms with E-state index in [-0.39, 0.29) is 49.6 Å². The first-order valence-corrected chi connectivity index (χ1v) is 15.3. The van der Waals surface area contributed by atoms with E-state index in [1.807, 2.05) is 19.1 Å².